The Hall–Kier alpha value is -1.33. The lowest BCUT2D eigenvalue weighted by atomic mass is 10.1. The highest BCUT2D eigenvalue weighted by Gasteiger charge is 2.19. The molecule has 1 aromatic carbocycles. The van der Waals surface area contributed by atoms with Crippen LogP contribution in [0.4, 0.5) is 4.39 Å². The number of aliphatic carboxylic acids is 1. The van der Waals surface area contributed by atoms with E-state index in [4.69, 9.17) is 28.3 Å². The number of hydrogen-bond donors (Lipinski definition) is 2. The molecule has 1 amide bonds. The summed E-state index contributed by atoms with van der Waals surface area (Å²) in [6.07, 6.45) is 1.01. The van der Waals surface area contributed by atoms with Crippen LogP contribution in [0.3, 0.4) is 0 Å². The van der Waals surface area contributed by atoms with Crippen molar-refractivity contribution in [3.8, 4) is 0 Å². The van der Waals surface area contributed by atoms with Gasteiger partial charge in [0.25, 0.3) is 5.91 Å². The van der Waals surface area contributed by atoms with Gasteiger partial charge in [0.1, 0.15) is 5.82 Å². The summed E-state index contributed by atoms with van der Waals surface area (Å²) < 4.78 is 13.4. The second kappa shape index (κ2) is 7.45. The molecule has 0 saturated carbocycles. The van der Waals surface area contributed by atoms with E-state index in [9.17, 15) is 14.0 Å². The Morgan fingerprint density at radius 2 is 2.00 bits per heavy atom. The SMILES string of the molecule is CCCC(CC(=O)O)NC(=O)c1cc(F)c(Cl)cc1Cl. The molecular weight excluding hydrogens is 308 g/mol. The van der Waals surface area contributed by atoms with Crippen molar-refractivity contribution >= 4 is 35.1 Å². The third-order valence-corrected chi connectivity index (χ3v) is 3.25. The number of carbonyl (C=O) groups excluding carboxylic acids is 1. The molecule has 0 bridgehead atoms. The molecule has 110 valence electrons. The number of carboxylic acid groups (broad SMARTS) is 1. The molecule has 0 radical (unpaired) electrons. The molecule has 0 aliphatic rings. The number of nitrogens with one attached hydrogen (secondary N) is 1. The lowest BCUT2D eigenvalue weighted by Crippen LogP contribution is -2.36. The second-order valence-electron chi connectivity index (χ2n) is 4.30. The molecular formula is C13H14Cl2FNO3. The van der Waals surface area contributed by atoms with Gasteiger partial charge in [-0.05, 0) is 18.6 Å². The third kappa shape index (κ3) is 4.65. The maximum atomic E-state index is 13.4. The van der Waals surface area contributed by atoms with Gasteiger partial charge in [0.05, 0.1) is 22.0 Å². The molecule has 0 aliphatic carbocycles. The van der Waals surface area contributed by atoms with E-state index in [1.165, 1.54) is 0 Å². The Bertz CT molecular complexity index is 523. The van der Waals surface area contributed by atoms with E-state index in [2.05, 4.69) is 5.32 Å². The van der Waals surface area contributed by atoms with Gasteiger partial charge in [0.2, 0.25) is 0 Å². The summed E-state index contributed by atoms with van der Waals surface area (Å²) in [5, 5.41) is 11.1. The fraction of sp³-hybridized carbons (Fsp3) is 0.385. The van der Waals surface area contributed by atoms with Gasteiger partial charge >= 0.3 is 5.97 Å². The monoisotopic (exact) mass is 321 g/mol. The van der Waals surface area contributed by atoms with Gasteiger partial charge in [0.15, 0.2) is 0 Å². The smallest absolute Gasteiger partial charge is 0.305 e. The number of carboxylic acids is 1. The van der Waals surface area contributed by atoms with Crippen molar-refractivity contribution < 1.29 is 19.1 Å². The van der Waals surface area contributed by atoms with Crippen molar-refractivity contribution in [2.24, 2.45) is 0 Å². The molecule has 1 unspecified atom stereocenters. The molecule has 20 heavy (non-hydrogen) atoms. The zero-order chi connectivity index (χ0) is 15.3. The second-order valence-corrected chi connectivity index (χ2v) is 5.12. The molecule has 4 nitrogen and oxygen atoms in total. The minimum absolute atomic E-state index is 0.0134. The summed E-state index contributed by atoms with van der Waals surface area (Å²) in [5.74, 6) is -2.39. The highest BCUT2D eigenvalue weighted by Crippen LogP contribution is 2.24. The van der Waals surface area contributed by atoms with Crippen LogP contribution in [0.25, 0.3) is 0 Å². The number of carbonyl (C=O) groups is 2. The van der Waals surface area contributed by atoms with Gasteiger partial charge in [-0.3, -0.25) is 9.59 Å². The van der Waals surface area contributed by atoms with Crippen molar-refractivity contribution in [1.29, 1.82) is 0 Å². The Morgan fingerprint density at radius 3 is 2.55 bits per heavy atom. The van der Waals surface area contributed by atoms with Crippen molar-refractivity contribution in [2.45, 2.75) is 32.2 Å². The van der Waals surface area contributed by atoms with E-state index < -0.39 is 23.7 Å². The van der Waals surface area contributed by atoms with Crippen LogP contribution in [0.5, 0.6) is 0 Å². The van der Waals surface area contributed by atoms with Crippen molar-refractivity contribution in [2.75, 3.05) is 0 Å². The normalized spacial score (nSPS) is 12.0. The van der Waals surface area contributed by atoms with Gasteiger partial charge in [-0.2, -0.15) is 0 Å². The van der Waals surface area contributed by atoms with Gasteiger partial charge in [-0.15, -0.1) is 0 Å². The average Bonchev–Trinajstić information content (AvgIpc) is 2.33. The average molecular weight is 322 g/mol. The summed E-state index contributed by atoms with van der Waals surface area (Å²) in [6.45, 7) is 1.87. The Morgan fingerprint density at radius 1 is 1.35 bits per heavy atom. The van der Waals surface area contributed by atoms with E-state index in [-0.39, 0.29) is 22.0 Å². The number of amides is 1. The Kier molecular flexibility index (Phi) is 6.23. The number of rotatable bonds is 6. The molecule has 1 atom stereocenters. The summed E-state index contributed by atoms with van der Waals surface area (Å²) in [6, 6.07) is 1.54. The van der Waals surface area contributed by atoms with E-state index in [1.807, 2.05) is 6.92 Å². The van der Waals surface area contributed by atoms with E-state index in [1.54, 1.807) is 0 Å². The van der Waals surface area contributed by atoms with Crippen LogP contribution >= 0.6 is 23.2 Å². The van der Waals surface area contributed by atoms with Crippen molar-refractivity contribution in [3.05, 3.63) is 33.6 Å². The first kappa shape index (κ1) is 16.7. The molecule has 0 saturated heterocycles. The molecule has 0 fully saturated rings. The zero-order valence-corrected chi connectivity index (χ0v) is 12.3. The predicted octanol–water partition coefficient (Wildman–Crippen LogP) is 3.51. The van der Waals surface area contributed by atoms with Gasteiger partial charge in [-0.25, -0.2) is 4.39 Å². The molecule has 0 heterocycles. The predicted molar refractivity (Wildman–Crippen MR) is 74.8 cm³/mol. The van der Waals surface area contributed by atoms with Crippen molar-refractivity contribution in [3.63, 3.8) is 0 Å². The van der Waals surface area contributed by atoms with Gasteiger partial charge in [-0.1, -0.05) is 36.5 Å². The summed E-state index contributed by atoms with van der Waals surface area (Å²) in [5.41, 5.74) is -0.0694. The van der Waals surface area contributed by atoms with Gasteiger partial charge < -0.3 is 10.4 Å². The number of benzene rings is 1. The summed E-state index contributed by atoms with van der Waals surface area (Å²) in [7, 11) is 0. The number of halogens is 3. The van der Waals surface area contributed by atoms with E-state index >= 15 is 0 Å². The maximum absolute atomic E-state index is 13.4. The van der Waals surface area contributed by atoms with Crippen LogP contribution in [-0.2, 0) is 4.79 Å². The minimum Gasteiger partial charge on any atom is -0.481 e. The topological polar surface area (TPSA) is 66.4 Å². The minimum atomic E-state index is -1.02. The first-order valence-corrected chi connectivity index (χ1v) is 6.78. The molecule has 0 aromatic heterocycles. The first-order chi connectivity index (χ1) is 9.35. The molecule has 0 spiro atoms. The zero-order valence-electron chi connectivity index (χ0n) is 10.8. The largest absolute Gasteiger partial charge is 0.481 e. The first-order valence-electron chi connectivity index (χ1n) is 6.02. The lowest BCUT2D eigenvalue weighted by Gasteiger charge is -2.16. The molecule has 7 heteroatoms. The van der Waals surface area contributed by atoms with E-state index in [0.717, 1.165) is 12.1 Å². The standard InChI is InChI=1S/C13H14Cl2FNO3/c1-2-3-7(4-12(18)19)17-13(20)8-5-11(16)10(15)6-9(8)14/h5-7H,2-4H2,1H3,(H,17,20)(H,18,19). The van der Waals surface area contributed by atoms with Crippen LogP contribution in [0, 0.1) is 5.82 Å². The third-order valence-electron chi connectivity index (χ3n) is 2.65. The summed E-state index contributed by atoms with van der Waals surface area (Å²) in [4.78, 5) is 22.7. The molecule has 1 aromatic rings. The highest BCUT2D eigenvalue weighted by atomic mass is 35.5. The van der Waals surface area contributed by atoms with E-state index in [0.29, 0.717) is 12.8 Å². The molecule has 0 aliphatic heterocycles. The van der Waals surface area contributed by atoms with Crippen LogP contribution in [0.15, 0.2) is 12.1 Å². The highest BCUT2D eigenvalue weighted by molar-refractivity contribution is 6.36. The fourth-order valence-electron chi connectivity index (χ4n) is 1.74. The lowest BCUT2D eigenvalue weighted by molar-refractivity contribution is -0.137. The van der Waals surface area contributed by atoms with Crippen LogP contribution in [0.1, 0.15) is 36.5 Å². The maximum Gasteiger partial charge on any atom is 0.305 e. The Labute approximate surface area is 125 Å². The molecule has 2 N–H and O–H groups in total. The van der Waals surface area contributed by atoms with Crippen LogP contribution in [0.2, 0.25) is 10.0 Å². The van der Waals surface area contributed by atoms with Crippen LogP contribution in [-0.4, -0.2) is 23.0 Å². The van der Waals surface area contributed by atoms with Gasteiger partial charge in [0, 0.05) is 6.04 Å². The quantitative estimate of drug-likeness (QED) is 0.788. The van der Waals surface area contributed by atoms with Crippen molar-refractivity contribution in [1.82, 2.24) is 5.32 Å². The molecule has 1 rings (SSSR count). The van der Waals surface area contributed by atoms with Crippen LogP contribution < -0.4 is 5.32 Å². The number of hydrogen-bond acceptors (Lipinski definition) is 2. The fourth-order valence-corrected chi connectivity index (χ4v) is 2.21. The summed E-state index contributed by atoms with van der Waals surface area (Å²) >= 11 is 11.4. The Balaban J connectivity index is 2.88.